The molecule has 0 fully saturated rings. The molecule has 0 aromatic heterocycles. The lowest BCUT2D eigenvalue weighted by Gasteiger charge is -2.06. The van der Waals surface area contributed by atoms with Crippen molar-refractivity contribution in [3.8, 4) is 5.75 Å². The number of carbonyl (C=O) groups is 2. The predicted molar refractivity (Wildman–Crippen MR) is 71.2 cm³/mol. The van der Waals surface area contributed by atoms with E-state index in [4.69, 9.17) is 5.11 Å². The number of nitrogens with one attached hydrogen (secondary N) is 1. The van der Waals surface area contributed by atoms with Crippen molar-refractivity contribution in [1.82, 2.24) is 5.32 Å². The molecular formula is C15H12FNO3. The lowest BCUT2D eigenvalue weighted by Crippen LogP contribution is -2.30. The van der Waals surface area contributed by atoms with Crippen molar-refractivity contribution >= 4 is 11.7 Å². The molecule has 0 saturated heterocycles. The zero-order chi connectivity index (χ0) is 14.5. The zero-order valence-electron chi connectivity index (χ0n) is 10.5. The second-order valence-corrected chi connectivity index (χ2v) is 4.14. The van der Waals surface area contributed by atoms with Crippen LogP contribution in [-0.4, -0.2) is 23.3 Å². The molecule has 0 radical (unpaired) electrons. The number of carbonyl (C=O) groups excluding carboxylic acids is 2. The number of phenolic OH excluding ortho intramolecular Hbond substituents is 1. The molecule has 2 aromatic rings. The Hall–Kier alpha value is -2.69. The van der Waals surface area contributed by atoms with Crippen molar-refractivity contribution in [3.05, 3.63) is 65.5 Å². The minimum Gasteiger partial charge on any atom is -0.508 e. The number of hydrogen-bond acceptors (Lipinski definition) is 3. The van der Waals surface area contributed by atoms with E-state index in [9.17, 15) is 14.0 Å². The summed E-state index contributed by atoms with van der Waals surface area (Å²) in [4.78, 5) is 23.5. The van der Waals surface area contributed by atoms with Gasteiger partial charge >= 0.3 is 0 Å². The second-order valence-electron chi connectivity index (χ2n) is 4.14. The topological polar surface area (TPSA) is 66.4 Å². The number of aromatic hydroxyl groups is 1. The number of benzene rings is 2. The summed E-state index contributed by atoms with van der Waals surface area (Å²) in [7, 11) is 0. The summed E-state index contributed by atoms with van der Waals surface area (Å²) >= 11 is 0. The minimum atomic E-state index is -0.838. The molecule has 20 heavy (non-hydrogen) atoms. The largest absolute Gasteiger partial charge is 0.508 e. The molecule has 0 aliphatic rings. The van der Waals surface area contributed by atoms with E-state index in [-0.39, 0.29) is 23.6 Å². The summed E-state index contributed by atoms with van der Waals surface area (Å²) in [6, 6.07) is 11.7. The minimum absolute atomic E-state index is 0.219. The van der Waals surface area contributed by atoms with Gasteiger partial charge in [-0.15, -0.1) is 0 Å². The Kier molecular flexibility index (Phi) is 4.10. The fourth-order valence-corrected chi connectivity index (χ4v) is 1.67. The summed E-state index contributed by atoms with van der Waals surface area (Å²) in [6.45, 7) is -0.219. The van der Waals surface area contributed by atoms with E-state index in [1.807, 2.05) is 0 Å². The number of phenols is 1. The molecule has 4 nitrogen and oxygen atoms in total. The number of amides is 1. The van der Waals surface area contributed by atoms with E-state index in [1.54, 1.807) is 30.3 Å². The molecule has 0 saturated carbocycles. The van der Waals surface area contributed by atoms with Gasteiger partial charge in [0.15, 0.2) is 5.78 Å². The highest BCUT2D eigenvalue weighted by molar-refractivity contribution is 6.02. The molecule has 2 N–H and O–H groups in total. The third kappa shape index (κ3) is 3.20. The first kappa shape index (κ1) is 13.7. The lowest BCUT2D eigenvalue weighted by atomic mass is 10.1. The number of rotatable bonds is 4. The van der Waals surface area contributed by atoms with Gasteiger partial charge in [-0.3, -0.25) is 9.59 Å². The van der Waals surface area contributed by atoms with Crippen LogP contribution in [0, 0.1) is 5.82 Å². The van der Waals surface area contributed by atoms with Crippen LogP contribution in [-0.2, 0) is 0 Å². The molecule has 0 atom stereocenters. The number of Topliss-reactive ketones (excluding diaryl/α,β-unsaturated/α-hetero) is 1. The molecule has 0 heterocycles. The SMILES string of the molecule is O=C(CNC(=O)c1ccc(O)cc1F)c1ccccc1. The Morgan fingerprint density at radius 1 is 1.10 bits per heavy atom. The maximum atomic E-state index is 13.4. The third-order valence-electron chi connectivity index (χ3n) is 2.70. The molecule has 2 aromatic carbocycles. The van der Waals surface area contributed by atoms with Gasteiger partial charge in [-0.2, -0.15) is 0 Å². The summed E-state index contributed by atoms with van der Waals surface area (Å²) < 4.78 is 13.4. The Labute approximate surface area is 114 Å². The van der Waals surface area contributed by atoms with E-state index in [1.165, 1.54) is 6.07 Å². The monoisotopic (exact) mass is 273 g/mol. The highest BCUT2D eigenvalue weighted by Gasteiger charge is 2.13. The normalized spacial score (nSPS) is 10.1. The quantitative estimate of drug-likeness (QED) is 0.839. The van der Waals surface area contributed by atoms with Crippen molar-refractivity contribution < 1.29 is 19.1 Å². The third-order valence-corrected chi connectivity index (χ3v) is 2.70. The predicted octanol–water partition coefficient (Wildman–Crippen LogP) is 2.14. The molecule has 0 unspecified atom stereocenters. The highest BCUT2D eigenvalue weighted by Crippen LogP contribution is 2.14. The molecule has 102 valence electrons. The van der Waals surface area contributed by atoms with Gasteiger partial charge in [-0.05, 0) is 12.1 Å². The second kappa shape index (κ2) is 5.97. The van der Waals surface area contributed by atoms with Crippen LogP contribution in [0.15, 0.2) is 48.5 Å². The summed E-state index contributed by atoms with van der Waals surface area (Å²) in [6.07, 6.45) is 0. The number of halogens is 1. The van der Waals surface area contributed by atoms with Crippen LogP contribution in [0.4, 0.5) is 4.39 Å². The van der Waals surface area contributed by atoms with Crippen molar-refractivity contribution in [2.45, 2.75) is 0 Å². The van der Waals surface area contributed by atoms with Gasteiger partial charge in [0, 0.05) is 11.6 Å². The van der Waals surface area contributed by atoms with Crippen molar-refractivity contribution in [2.24, 2.45) is 0 Å². The fraction of sp³-hybridized carbons (Fsp3) is 0.0667. The van der Waals surface area contributed by atoms with Crippen LogP contribution >= 0.6 is 0 Å². The molecular weight excluding hydrogens is 261 g/mol. The van der Waals surface area contributed by atoms with E-state index in [0.29, 0.717) is 5.56 Å². The Bertz CT molecular complexity index is 641. The van der Waals surface area contributed by atoms with Crippen molar-refractivity contribution in [2.75, 3.05) is 6.54 Å². The lowest BCUT2D eigenvalue weighted by molar-refractivity contribution is 0.0901. The van der Waals surface area contributed by atoms with Crippen LogP contribution < -0.4 is 5.32 Å². The van der Waals surface area contributed by atoms with E-state index < -0.39 is 11.7 Å². The van der Waals surface area contributed by atoms with Crippen LogP contribution in [0.3, 0.4) is 0 Å². The first-order valence-electron chi connectivity index (χ1n) is 5.93. The van der Waals surface area contributed by atoms with Crippen LogP contribution in [0.1, 0.15) is 20.7 Å². The average Bonchev–Trinajstić information content (AvgIpc) is 2.45. The van der Waals surface area contributed by atoms with Gasteiger partial charge in [0.2, 0.25) is 0 Å². The number of ketones is 1. The standard InChI is InChI=1S/C15H12FNO3/c16-13-8-11(18)6-7-12(13)15(20)17-9-14(19)10-4-2-1-3-5-10/h1-8,18H,9H2,(H,17,20). The van der Waals surface area contributed by atoms with Gasteiger partial charge in [0.1, 0.15) is 11.6 Å². The molecule has 0 spiro atoms. The highest BCUT2D eigenvalue weighted by atomic mass is 19.1. The molecule has 0 bridgehead atoms. The molecule has 0 aliphatic heterocycles. The van der Waals surface area contributed by atoms with E-state index in [2.05, 4.69) is 5.32 Å². The van der Waals surface area contributed by atoms with Crippen LogP contribution in [0.25, 0.3) is 0 Å². The van der Waals surface area contributed by atoms with Crippen LogP contribution in [0.2, 0.25) is 0 Å². The van der Waals surface area contributed by atoms with Gasteiger partial charge < -0.3 is 10.4 Å². The summed E-state index contributed by atoms with van der Waals surface area (Å²) in [5.41, 5.74) is 0.252. The van der Waals surface area contributed by atoms with E-state index in [0.717, 1.165) is 12.1 Å². The van der Waals surface area contributed by atoms with Gasteiger partial charge in [0.05, 0.1) is 12.1 Å². The maximum absolute atomic E-state index is 13.4. The molecule has 2 rings (SSSR count). The Morgan fingerprint density at radius 3 is 2.45 bits per heavy atom. The number of hydrogen-bond donors (Lipinski definition) is 2. The molecule has 0 aliphatic carbocycles. The van der Waals surface area contributed by atoms with Gasteiger partial charge in [-0.25, -0.2) is 4.39 Å². The molecule has 1 amide bonds. The fourth-order valence-electron chi connectivity index (χ4n) is 1.67. The summed E-state index contributed by atoms with van der Waals surface area (Å²) in [5.74, 6) is -2.07. The first-order chi connectivity index (χ1) is 9.58. The van der Waals surface area contributed by atoms with Gasteiger partial charge in [-0.1, -0.05) is 30.3 Å². The Morgan fingerprint density at radius 2 is 1.80 bits per heavy atom. The van der Waals surface area contributed by atoms with Gasteiger partial charge in [0.25, 0.3) is 5.91 Å². The average molecular weight is 273 g/mol. The summed E-state index contributed by atoms with van der Waals surface area (Å²) in [5, 5.41) is 11.4. The zero-order valence-corrected chi connectivity index (χ0v) is 10.5. The molecule has 5 heteroatoms. The van der Waals surface area contributed by atoms with Crippen LogP contribution in [0.5, 0.6) is 5.75 Å². The van der Waals surface area contributed by atoms with E-state index >= 15 is 0 Å². The van der Waals surface area contributed by atoms with Crippen molar-refractivity contribution in [3.63, 3.8) is 0 Å². The first-order valence-corrected chi connectivity index (χ1v) is 5.93. The maximum Gasteiger partial charge on any atom is 0.254 e. The smallest absolute Gasteiger partial charge is 0.254 e. The van der Waals surface area contributed by atoms with Crippen molar-refractivity contribution in [1.29, 1.82) is 0 Å². The Balaban J connectivity index is 2.00.